The third-order valence-electron chi connectivity index (χ3n) is 6.25. The number of pyridine rings is 1. The van der Waals surface area contributed by atoms with Gasteiger partial charge in [0.25, 0.3) is 11.5 Å². The second-order valence-electron chi connectivity index (χ2n) is 7.92. The predicted octanol–water partition coefficient (Wildman–Crippen LogP) is 4.12. The first kappa shape index (κ1) is 19.7. The van der Waals surface area contributed by atoms with E-state index >= 15 is 0 Å². The quantitative estimate of drug-likeness (QED) is 0.551. The highest BCUT2D eigenvalue weighted by atomic mass is 35.5. The van der Waals surface area contributed by atoms with E-state index in [9.17, 15) is 9.59 Å². The zero-order valence-corrected chi connectivity index (χ0v) is 18.2. The number of aromatic nitrogens is 1. The third kappa shape index (κ3) is 2.72. The number of fused-ring (bicyclic) bond motifs is 1. The summed E-state index contributed by atoms with van der Waals surface area (Å²) in [5, 5.41) is 11.2. The van der Waals surface area contributed by atoms with Crippen LogP contribution in [0.2, 0.25) is 5.02 Å². The van der Waals surface area contributed by atoms with Crippen LogP contribution in [0.15, 0.2) is 53.5 Å². The van der Waals surface area contributed by atoms with Gasteiger partial charge in [0.1, 0.15) is 11.6 Å². The van der Waals surface area contributed by atoms with E-state index in [0.717, 1.165) is 17.5 Å². The highest BCUT2D eigenvalue weighted by Crippen LogP contribution is 2.48. The van der Waals surface area contributed by atoms with Crippen LogP contribution >= 0.6 is 23.8 Å². The average molecular weight is 449 g/mol. The van der Waals surface area contributed by atoms with Gasteiger partial charge in [0, 0.05) is 24.3 Å². The van der Waals surface area contributed by atoms with Crippen molar-refractivity contribution in [2.45, 2.75) is 24.8 Å². The molecule has 0 N–H and O–H groups in total. The summed E-state index contributed by atoms with van der Waals surface area (Å²) in [6, 6.07) is 14.4. The maximum Gasteiger partial charge on any atom is 0.259 e. The third-order valence-corrected chi connectivity index (χ3v) is 6.93. The Morgan fingerprint density at radius 1 is 1.10 bits per heavy atom. The molecule has 0 bridgehead atoms. The zero-order valence-electron chi connectivity index (χ0n) is 16.6. The van der Waals surface area contributed by atoms with Crippen LogP contribution in [0.1, 0.15) is 24.8 Å². The summed E-state index contributed by atoms with van der Waals surface area (Å²) >= 11 is 12.0. The number of rotatable bonds is 2. The molecule has 5 rings (SSSR count). The molecule has 6 nitrogen and oxygen atoms in total. The molecule has 2 heterocycles. The van der Waals surface area contributed by atoms with E-state index < -0.39 is 5.54 Å². The minimum atomic E-state index is -0.759. The molecule has 8 heteroatoms. The van der Waals surface area contributed by atoms with E-state index in [4.69, 9.17) is 29.1 Å². The monoisotopic (exact) mass is 448 g/mol. The van der Waals surface area contributed by atoms with E-state index in [1.54, 1.807) is 31.4 Å². The molecule has 0 unspecified atom stereocenters. The summed E-state index contributed by atoms with van der Waals surface area (Å²) < 4.78 is 1.53. The van der Waals surface area contributed by atoms with E-state index in [-0.39, 0.29) is 16.5 Å². The standard InChI is InChI=1S/C23H17ClN4O2S/c1-26-10-7-14-3-6-17(11-18(14)20(26)29)28-22(31)27(21(30)23(28)8-2-9-23)16-5-4-15(13-25)19(24)12-16/h3-7,10-12H,2,8-9H2,1H3. The summed E-state index contributed by atoms with van der Waals surface area (Å²) in [5.74, 6) is -0.106. The second kappa shape index (κ2) is 6.91. The van der Waals surface area contributed by atoms with Crippen molar-refractivity contribution in [1.29, 1.82) is 5.26 Å². The van der Waals surface area contributed by atoms with Crippen LogP contribution in [0.25, 0.3) is 10.8 Å². The molecule has 1 aliphatic carbocycles. The number of halogens is 1. The number of nitriles is 1. The highest BCUT2D eigenvalue weighted by Gasteiger charge is 2.59. The lowest BCUT2D eigenvalue weighted by Gasteiger charge is -2.43. The van der Waals surface area contributed by atoms with Crippen LogP contribution in [-0.2, 0) is 11.8 Å². The lowest BCUT2D eigenvalue weighted by molar-refractivity contribution is -0.123. The summed E-state index contributed by atoms with van der Waals surface area (Å²) in [5.41, 5.74) is 0.726. The van der Waals surface area contributed by atoms with E-state index in [2.05, 4.69) is 0 Å². The average Bonchev–Trinajstić information content (AvgIpc) is 2.97. The van der Waals surface area contributed by atoms with Gasteiger partial charge in [-0.05, 0) is 73.3 Å². The van der Waals surface area contributed by atoms with Gasteiger partial charge in [0.2, 0.25) is 0 Å². The molecule has 1 aromatic heterocycles. The van der Waals surface area contributed by atoms with Crippen molar-refractivity contribution in [2.75, 3.05) is 9.80 Å². The van der Waals surface area contributed by atoms with Crippen LogP contribution in [0.5, 0.6) is 0 Å². The maximum absolute atomic E-state index is 13.6. The first-order chi connectivity index (χ1) is 14.9. The number of carbonyl (C=O) groups is 1. The van der Waals surface area contributed by atoms with E-state index in [1.807, 2.05) is 35.2 Å². The van der Waals surface area contributed by atoms with E-state index in [0.29, 0.717) is 34.6 Å². The molecule has 2 aliphatic rings. The van der Waals surface area contributed by atoms with Crippen LogP contribution < -0.4 is 15.4 Å². The number of hydrogen-bond acceptors (Lipinski definition) is 4. The van der Waals surface area contributed by atoms with Crippen LogP contribution in [0.3, 0.4) is 0 Å². The Labute approximate surface area is 188 Å². The molecule has 1 saturated carbocycles. The molecule has 1 amide bonds. The Hall–Kier alpha value is -3.21. The minimum absolute atomic E-state index is 0.103. The molecule has 31 heavy (non-hydrogen) atoms. The predicted molar refractivity (Wildman–Crippen MR) is 125 cm³/mol. The first-order valence-corrected chi connectivity index (χ1v) is 10.6. The van der Waals surface area contributed by atoms with Crippen molar-refractivity contribution in [1.82, 2.24) is 4.57 Å². The van der Waals surface area contributed by atoms with Crippen molar-refractivity contribution in [3.8, 4) is 6.07 Å². The highest BCUT2D eigenvalue weighted by molar-refractivity contribution is 7.81. The Morgan fingerprint density at radius 2 is 1.84 bits per heavy atom. The Morgan fingerprint density at radius 3 is 2.48 bits per heavy atom. The topological polar surface area (TPSA) is 69.3 Å². The molecular weight excluding hydrogens is 432 g/mol. The fourth-order valence-electron chi connectivity index (χ4n) is 4.41. The number of amides is 1. The summed E-state index contributed by atoms with van der Waals surface area (Å²) in [4.78, 5) is 29.6. The zero-order chi connectivity index (χ0) is 21.9. The molecule has 2 fully saturated rings. The van der Waals surface area contributed by atoms with Crippen molar-refractivity contribution >= 4 is 57.0 Å². The Kier molecular flexibility index (Phi) is 4.40. The summed E-state index contributed by atoms with van der Waals surface area (Å²) in [6.45, 7) is 0. The molecule has 154 valence electrons. The second-order valence-corrected chi connectivity index (χ2v) is 8.70. The molecule has 1 saturated heterocycles. The summed E-state index contributed by atoms with van der Waals surface area (Å²) in [6.07, 6.45) is 4.01. The SMILES string of the molecule is Cn1ccc2ccc(N3C(=S)N(c4ccc(C#N)c(Cl)c4)C(=O)C34CCC4)cc2c1=O. The molecular formula is C23H17ClN4O2S. The van der Waals surface area contributed by atoms with Gasteiger partial charge >= 0.3 is 0 Å². The van der Waals surface area contributed by atoms with Gasteiger partial charge in [-0.3, -0.25) is 14.5 Å². The normalized spacial score (nSPS) is 17.3. The van der Waals surface area contributed by atoms with Gasteiger partial charge in [-0.15, -0.1) is 0 Å². The molecule has 0 radical (unpaired) electrons. The first-order valence-electron chi connectivity index (χ1n) is 9.85. The lowest BCUT2D eigenvalue weighted by atomic mass is 9.75. The lowest BCUT2D eigenvalue weighted by Crippen LogP contribution is -2.55. The smallest absolute Gasteiger partial charge is 0.259 e. The molecule has 1 aliphatic heterocycles. The van der Waals surface area contributed by atoms with Crippen molar-refractivity contribution < 1.29 is 4.79 Å². The molecule has 0 atom stereocenters. The van der Waals surface area contributed by atoms with Gasteiger partial charge in [-0.1, -0.05) is 17.7 Å². The molecule has 1 spiro atoms. The number of aryl methyl sites for hydroxylation is 1. The molecule has 2 aromatic carbocycles. The number of carbonyl (C=O) groups excluding carboxylic acids is 1. The fourth-order valence-corrected chi connectivity index (χ4v) is 5.09. The van der Waals surface area contributed by atoms with Crippen LogP contribution in [0.4, 0.5) is 11.4 Å². The fraction of sp³-hybridized carbons (Fsp3) is 0.217. The van der Waals surface area contributed by atoms with Crippen LogP contribution in [0, 0.1) is 11.3 Å². The number of hydrogen-bond donors (Lipinski definition) is 0. The van der Waals surface area contributed by atoms with Crippen molar-refractivity contribution in [3.05, 3.63) is 69.6 Å². The number of thiocarbonyl (C=S) groups is 1. The van der Waals surface area contributed by atoms with Gasteiger partial charge in [0.15, 0.2) is 5.11 Å². The summed E-state index contributed by atoms with van der Waals surface area (Å²) in [7, 11) is 1.71. The number of benzene rings is 2. The number of anilines is 2. The van der Waals surface area contributed by atoms with Crippen LogP contribution in [-0.4, -0.2) is 21.1 Å². The van der Waals surface area contributed by atoms with Crippen molar-refractivity contribution in [2.24, 2.45) is 7.05 Å². The Balaban J connectivity index is 1.65. The Bertz CT molecular complexity index is 1390. The van der Waals surface area contributed by atoms with E-state index in [1.165, 1.54) is 9.47 Å². The largest absolute Gasteiger partial charge is 0.318 e. The van der Waals surface area contributed by atoms with Gasteiger partial charge in [0.05, 0.1) is 16.3 Å². The number of nitrogens with zero attached hydrogens (tertiary/aromatic N) is 4. The van der Waals surface area contributed by atoms with Gasteiger partial charge < -0.3 is 9.47 Å². The van der Waals surface area contributed by atoms with Gasteiger partial charge in [-0.25, -0.2) is 0 Å². The molecule has 3 aromatic rings. The minimum Gasteiger partial charge on any atom is -0.318 e. The van der Waals surface area contributed by atoms with Gasteiger partial charge in [-0.2, -0.15) is 5.26 Å². The maximum atomic E-state index is 13.6. The van der Waals surface area contributed by atoms with Crippen molar-refractivity contribution in [3.63, 3.8) is 0 Å².